The zero-order valence-electron chi connectivity index (χ0n) is 35.0. The largest absolute Gasteiger partial charge is 0.465 e. The third-order valence-electron chi connectivity index (χ3n) is 10.7. The third-order valence-corrected chi connectivity index (χ3v) is 10.7. The van der Waals surface area contributed by atoms with E-state index in [9.17, 15) is 9.59 Å². The van der Waals surface area contributed by atoms with Crippen LogP contribution in [0.4, 0.5) is 0 Å². The lowest BCUT2D eigenvalue weighted by Gasteiger charge is -2.29. The lowest BCUT2D eigenvalue weighted by atomic mass is 9.89. The Bertz CT molecular complexity index is 1080. The predicted octanol–water partition coefficient (Wildman–Crippen LogP) is 10.7. The van der Waals surface area contributed by atoms with Crippen molar-refractivity contribution in [3.05, 3.63) is 37.4 Å². The summed E-state index contributed by atoms with van der Waals surface area (Å²) in [5.74, 6) is -0.321. The number of aromatic nitrogens is 4. The molecule has 2 aromatic rings. The number of ether oxygens (including phenoxy) is 2. The van der Waals surface area contributed by atoms with E-state index in [2.05, 4.69) is 23.0 Å². The molecule has 2 heterocycles. The molecule has 8 heteroatoms. The van der Waals surface area contributed by atoms with Gasteiger partial charge in [0.25, 0.3) is 0 Å². The Morgan fingerprint density at radius 1 is 0.472 bits per heavy atom. The first-order chi connectivity index (χ1) is 25.9. The summed E-state index contributed by atoms with van der Waals surface area (Å²) in [6, 6.07) is 0. The lowest BCUT2D eigenvalue weighted by molar-refractivity contribution is -0.671. The number of rotatable bonds is 36. The highest BCUT2D eigenvalue weighted by Gasteiger charge is 2.39. The molecule has 8 nitrogen and oxygen atoms in total. The number of nitrogens with zero attached hydrogens (tertiary/aromatic N) is 4. The third kappa shape index (κ3) is 24.4. The van der Waals surface area contributed by atoms with E-state index in [-0.39, 0.29) is 25.2 Å². The molecule has 2 aromatic heterocycles. The SMILES string of the molecule is CCCCCCCCCCCCCCCC(=O)OCC(COC(=O)CCCCCCCCCCCCCCC)(Cn1cc[n+](C)c1)Cn1cc[n+](C)c1. The second kappa shape index (κ2) is 30.7. The zero-order valence-corrected chi connectivity index (χ0v) is 35.0. The normalized spacial score (nSPS) is 11.7. The van der Waals surface area contributed by atoms with Gasteiger partial charge in [-0.2, -0.15) is 0 Å². The molecule has 0 radical (unpaired) electrons. The van der Waals surface area contributed by atoms with Gasteiger partial charge in [0.05, 0.1) is 14.1 Å². The quantitative estimate of drug-likeness (QED) is 0.0396. The zero-order chi connectivity index (χ0) is 38.2. The number of esters is 2. The topological polar surface area (TPSA) is 70.2 Å². The van der Waals surface area contributed by atoms with Crippen LogP contribution in [0.15, 0.2) is 37.4 Å². The maximum Gasteiger partial charge on any atom is 0.305 e. The van der Waals surface area contributed by atoms with Crippen molar-refractivity contribution >= 4 is 11.9 Å². The highest BCUT2D eigenvalue weighted by atomic mass is 16.5. The summed E-state index contributed by atoms with van der Waals surface area (Å²) in [7, 11) is 3.99. The molecule has 0 unspecified atom stereocenters. The van der Waals surface area contributed by atoms with Gasteiger partial charge in [0, 0.05) is 12.8 Å². The van der Waals surface area contributed by atoms with E-state index in [4.69, 9.17) is 9.47 Å². The Morgan fingerprint density at radius 2 is 0.755 bits per heavy atom. The van der Waals surface area contributed by atoms with Gasteiger partial charge in [0.2, 0.25) is 12.7 Å². The van der Waals surface area contributed by atoms with Crippen molar-refractivity contribution in [1.29, 1.82) is 0 Å². The van der Waals surface area contributed by atoms with Gasteiger partial charge in [-0.15, -0.1) is 0 Å². The first kappa shape index (κ1) is 46.5. The van der Waals surface area contributed by atoms with Crippen molar-refractivity contribution in [3.8, 4) is 0 Å². The van der Waals surface area contributed by atoms with Crippen LogP contribution in [0.1, 0.15) is 194 Å². The van der Waals surface area contributed by atoms with Crippen molar-refractivity contribution in [3.63, 3.8) is 0 Å². The summed E-state index contributed by atoms with van der Waals surface area (Å²) in [4.78, 5) is 26.1. The van der Waals surface area contributed by atoms with Crippen LogP contribution in [-0.4, -0.2) is 34.3 Å². The maximum atomic E-state index is 13.0. The standard InChI is InChI=1S/C45H82N4O4/c1-5-7-9-11-13-15-17-19-21-23-25-27-29-31-43(50)52-39-45(37-48-35-33-46(3)41-48,38-49-36-34-47(4)42-49)40-53-44(51)32-30-28-26-24-22-20-18-16-14-12-10-8-6-2/h33-36,41-42H,5-32,37-40H2,1-4H3/q+2. The second-order valence-corrected chi connectivity index (χ2v) is 16.3. The van der Waals surface area contributed by atoms with Gasteiger partial charge in [0.15, 0.2) is 0 Å². The van der Waals surface area contributed by atoms with Crippen molar-refractivity contribution in [1.82, 2.24) is 9.13 Å². The van der Waals surface area contributed by atoms with Crippen LogP contribution < -0.4 is 9.13 Å². The molecule has 0 atom stereocenters. The first-order valence-corrected chi connectivity index (χ1v) is 22.2. The van der Waals surface area contributed by atoms with Crippen LogP contribution >= 0.6 is 0 Å². The molecule has 0 amide bonds. The van der Waals surface area contributed by atoms with Crippen LogP contribution in [0.3, 0.4) is 0 Å². The van der Waals surface area contributed by atoms with E-state index in [1.165, 1.54) is 141 Å². The molecule has 0 spiro atoms. The molecule has 0 N–H and O–H groups in total. The minimum atomic E-state index is -0.616. The number of aryl methyl sites for hydroxylation is 2. The van der Waals surface area contributed by atoms with Crippen molar-refractivity contribution in [2.24, 2.45) is 19.5 Å². The van der Waals surface area contributed by atoms with Gasteiger partial charge in [-0.3, -0.25) is 9.59 Å². The fraction of sp³-hybridized carbons (Fsp3) is 0.822. The fourth-order valence-corrected chi connectivity index (χ4v) is 7.43. The van der Waals surface area contributed by atoms with Gasteiger partial charge < -0.3 is 9.47 Å². The Labute approximate surface area is 325 Å². The molecular formula is C45H82N4O4+2. The molecule has 304 valence electrons. The first-order valence-electron chi connectivity index (χ1n) is 22.2. The number of unbranched alkanes of at least 4 members (excludes halogenated alkanes) is 24. The molecule has 0 aliphatic heterocycles. The number of carbonyl (C=O) groups is 2. The number of hydrogen-bond acceptors (Lipinski definition) is 4. The van der Waals surface area contributed by atoms with Crippen molar-refractivity contribution in [2.45, 2.75) is 207 Å². The van der Waals surface area contributed by atoms with Crippen LogP contribution in [0.5, 0.6) is 0 Å². The van der Waals surface area contributed by atoms with Crippen molar-refractivity contribution in [2.75, 3.05) is 13.2 Å². The average molecular weight is 743 g/mol. The number of imidazole rings is 2. The lowest BCUT2D eigenvalue weighted by Crippen LogP contribution is -2.42. The van der Waals surface area contributed by atoms with E-state index in [1.807, 2.05) is 60.7 Å². The molecule has 0 aliphatic rings. The summed E-state index contributed by atoms with van der Waals surface area (Å²) >= 11 is 0. The van der Waals surface area contributed by atoms with E-state index >= 15 is 0 Å². The molecule has 0 saturated heterocycles. The molecule has 53 heavy (non-hydrogen) atoms. The van der Waals surface area contributed by atoms with Crippen LogP contribution in [0.2, 0.25) is 0 Å². The Kier molecular flexibility index (Phi) is 26.9. The summed E-state index contributed by atoms with van der Waals surface area (Å²) < 4.78 is 20.2. The second-order valence-electron chi connectivity index (χ2n) is 16.3. The molecule has 0 saturated carbocycles. The van der Waals surface area contributed by atoms with Gasteiger partial charge in [0.1, 0.15) is 56.5 Å². The molecule has 0 aromatic carbocycles. The Hall–Kier alpha value is -2.64. The Balaban J connectivity index is 1.78. The molecule has 0 fully saturated rings. The van der Waals surface area contributed by atoms with E-state index in [0.29, 0.717) is 25.9 Å². The van der Waals surface area contributed by atoms with Gasteiger partial charge >= 0.3 is 11.9 Å². The molecule has 2 rings (SSSR count). The average Bonchev–Trinajstić information content (AvgIpc) is 3.76. The van der Waals surface area contributed by atoms with Crippen LogP contribution in [0.25, 0.3) is 0 Å². The summed E-state index contributed by atoms with van der Waals surface area (Å²) in [5.41, 5.74) is -0.616. The molecular weight excluding hydrogens is 661 g/mol. The van der Waals surface area contributed by atoms with Gasteiger partial charge in [-0.05, 0) is 12.8 Å². The Morgan fingerprint density at radius 3 is 1.02 bits per heavy atom. The summed E-state index contributed by atoms with van der Waals surface area (Å²) in [5, 5.41) is 0. The van der Waals surface area contributed by atoms with Crippen molar-refractivity contribution < 1.29 is 28.2 Å². The smallest absolute Gasteiger partial charge is 0.305 e. The summed E-state index contributed by atoms with van der Waals surface area (Å²) in [6.07, 6.45) is 46.1. The van der Waals surface area contributed by atoms with Crippen LogP contribution in [0, 0.1) is 5.41 Å². The summed E-state index contributed by atoms with van der Waals surface area (Å²) in [6.45, 7) is 6.06. The van der Waals surface area contributed by atoms with E-state index < -0.39 is 5.41 Å². The number of hydrogen-bond donors (Lipinski definition) is 0. The monoisotopic (exact) mass is 743 g/mol. The highest BCUT2D eigenvalue weighted by molar-refractivity contribution is 5.69. The molecule has 0 aliphatic carbocycles. The number of carbonyl (C=O) groups excluding carboxylic acids is 2. The molecule has 0 bridgehead atoms. The minimum absolute atomic E-state index is 0.160. The highest BCUT2D eigenvalue weighted by Crippen LogP contribution is 2.26. The minimum Gasteiger partial charge on any atom is -0.465 e. The van der Waals surface area contributed by atoms with E-state index in [0.717, 1.165) is 25.7 Å². The fourth-order valence-electron chi connectivity index (χ4n) is 7.43. The maximum absolute atomic E-state index is 13.0. The van der Waals surface area contributed by atoms with Crippen LogP contribution in [-0.2, 0) is 46.2 Å². The predicted molar refractivity (Wildman–Crippen MR) is 216 cm³/mol. The van der Waals surface area contributed by atoms with Gasteiger partial charge in [-0.1, -0.05) is 168 Å². The van der Waals surface area contributed by atoms with Gasteiger partial charge in [-0.25, -0.2) is 18.3 Å². The van der Waals surface area contributed by atoms with E-state index in [1.54, 1.807) is 0 Å².